The molecule has 0 saturated carbocycles. The molecule has 0 saturated heterocycles. The number of hydrogen-bond acceptors (Lipinski definition) is 4. The van der Waals surface area contributed by atoms with Crippen molar-refractivity contribution in [2.45, 2.75) is 18.6 Å². The molecular formula is C12H11ClFN3O2S. The van der Waals surface area contributed by atoms with Gasteiger partial charge in [-0.1, -0.05) is 29.4 Å². The highest BCUT2D eigenvalue weighted by atomic mass is 35.5. The molecule has 0 unspecified atom stereocenters. The number of nitrogens with zero attached hydrogens (tertiary/aromatic N) is 3. The molecule has 0 aliphatic carbocycles. The number of rotatable bonds is 5. The summed E-state index contributed by atoms with van der Waals surface area (Å²) in [7, 11) is 0. The van der Waals surface area contributed by atoms with Crippen LogP contribution in [0.2, 0.25) is 5.02 Å². The van der Waals surface area contributed by atoms with Gasteiger partial charge in [-0.05, 0) is 19.1 Å². The molecule has 0 fully saturated rings. The molecule has 0 atom stereocenters. The molecule has 1 aromatic heterocycles. The van der Waals surface area contributed by atoms with Crippen LogP contribution in [0.15, 0.2) is 23.4 Å². The first-order valence-corrected chi connectivity index (χ1v) is 7.13. The normalized spacial score (nSPS) is 10.8. The van der Waals surface area contributed by atoms with Gasteiger partial charge >= 0.3 is 5.97 Å². The Hall–Kier alpha value is -1.60. The van der Waals surface area contributed by atoms with E-state index in [2.05, 4.69) is 10.2 Å². The Morgan fingerprint density at radius 3 is 2.90 bits per heavy atom. The van der Waals surface area contributed by atoms with E-state index in [-0.39, 0.29) is 16.3 Å². The number of thioether (sulfide) groups is 1. The van der Waals surface area contributed by atoms with E-state index in [1.165, 1.54) is 6.07 Å². The second-order valence-corrected chi connectivity index (χ2v) is 5.18. The molecule has 5 nitrogen and oxygen atoms in total. The van der Waals surface area contributed by atoms with Gasteiger partial charge in [0.15, 0.2) is 16.8 Å². The maximum Gasteiger partial charge on any atom is 0.313 e. The van der Waals surface area contributed by atoms with Crippen LogP contribution in [0, 0.1) is 5.82 Å². The minimum Gasteiger partial charge on any atom is -0.481 e. The summed E-state index contributed by atoms with van der Waals surface area (Å²) in [6, 6.07) is 4.63. The molecule has 0 amide bonds. The Bertz CT molecular complexity index is 648. The van der Waals surface area contributed by atoms with Gasteiger partial charge in [-0.25, -0.2) is 4.39 Å². The minimum atomic E-state index is -0.948. The second kappa shape index (κ2) is 6.23. The third kappa shape index (κ3) is 2.94. The van der Waals surface area contributed by atoms with Crippen molar-refractivity contribution in [2.75, 3.05) is 5.75 Å². The highest BCUT2D eigenvalue weighted by molar-refractivity contribution is 7.99. The van der Waals surface area contributed by atoms with Gasteiger partial charge in [0.25, 0.3) is 0 Å². The van der Waals surface area contributed by atoms with Gasteiger partial charge in [0, 0.05) is 6.54 Å². The van der Waals surface area contributed by atoms with Crippen LogP contribution in [0.1, 0.15) is 6.92 Å². The maximum atomic E-state index is 14.0. The summed E-state index contributed by atoms with van der Waals surface area (Å²) >= 11 is 6.79. The van der Waals surface area contributed by atoms with Crippen molar-refractivity contribution in [3.05, 3.63) is 29.0 Å². The molecule has 0 spiro atoms. The van der Waals surface area contributed by atoms with E-state index in [9.17, 15) is 9.18 Å². The van der Waals surface area contributed by atoms with E-state index >= 15 is 0 Å². The maximum absolute atomic E-state index is 14.0. The molecular weight excluding hydrogens is 305 g/mol. The average Bonchev–Trinajstić information content (AvgIpc) is 2.82. The molecule has 8 heteroatoms. The molecule has 0 aliphatic heterocycles. The first-order chi connectivity index (χ1) is 9.54. The lowest BCUT2D eigenvalue weighted by Gasteiger charge is -2.07. The van der Waals surface area contributed by atoms with Crippen LogP contribution in [-0.2, 0) is 11.3 Å². The Kier molecular flexibility index (Phi) is 4.61. The molecule has 0 bridgehead atoms. The van der Waals surface area contributed by atoms with Gasteiger partial charge < -0.3 is 9.67 Å². The SMILES string of the molecule is CCn1c(SCC(=O)O)nnc1-c1cccc(Cl)c1F. The van der Waals surface area contributed by atoms with Gasteiger partial charge in [0.1, 0.15) is 0 Å². The number of aliphatic carboxylic acids is 1. The fraction of sp³-hybridized carbons (Fsp3) is 0.250. The van der Waals surface area contributed by atoms with Crippen LogP contribution in [0.4, 0.5) is 4.39 Å². The zero-order chi connectivity index (χ0) is 14.7. The Labute approximate surface area is 123 Å². The molecule has 2 aromatic rings. The Balaban J connectivity index is 2.42. The lowest BCUT2D eigenvalue weighted by molar-refractivity contribution is -0.133. The quantitative estimate of drug-likeness (QED) is 0.859. The van der Waals surface area contributed by atoms with Crippen LogP contribution in [0.3, 0.4) is 0 Å². The van der Waals surface area contributed by atoms with Gasteiger partial charge in [-0.3, -0.25) is 4.79 Å². The Morgan fingerprint density at radius 2 is 2.25 bits per heavy atom. The zero-order valence-corrected chi connectivity index (χ0v) is 12.1. The third-order valence-electron chi connectivity index (χ3n) is 2.55. The van der Waals surface area contributed by atoms with Crippen molar-refractivity contribution in [3.63, 3.8) is 0 Å². The Morgan fingerprint density at radius 1 is 1.50 bits per heavy atom. The van der Waals surface area contributed by atoms with Crippen molar-refractivity contribution in [3.8, 4) is 11.4 Å². The lowest BCUT2D eigenvalue weighted by Crippen LogP contribution is -2.04. The first-order valence-electron chi connectivity index (χ1n) is 5.76. The van der Waals surface area contributed by atoms with Crippen molar-refractivity contribution in [1.82, 2.24) is 14.8 Å². The van der Waals surface area contributed by atoms with Gasteiger partial charge in [-0.15, -0.1) is 10.2 Å². The number of benzene rings is 1. The summed E-state index contributed by atoms with van der Waals surface area (Å²) in [5.41, 5.74) is 0.244. The molecule has 0 radical (unpaired) electrons. The van der Waals surface area contributed by atoms with Crippen LogP contribution in [0.25, 0.3) is 11.4 Å². The monoisotopic (exact) mass is 315 g/mol. The first kappa shape index (κ1) is 14.8. The number of carboxylic acids is 1. The van der Waals surface area contributed by atoms with Crippen LogP contribution in [0.5, 0.6) is 0 Å². The number of carbonyl (C=O) groups is 1. The highest BCUT2D eigenvalue weighted by Crippen LogP contribution is 2.28. The molecule has 2 rings (SSSR count). The number of halogens is 2. The summed E-state index contributed by atoms with van der Waals surface area (Å²) in [5.74, 6) is -1.31. The van der Waals surface area contributed by atoms with E-state index in [1.807, 2.05) is 6.92 Å². The summed E-state index contributed by atoms with van der Waals surface area (Å²) in [6.45, 7) is 2.34. The standard InChI is InChI=1S/C12H11ClFN3O2S/c1-2-17-11(7-4-3-5-8(13)10(7)14)15-16-12(17)20-6-9(18)19/h3-5H,2,6H2,1H3,(H,18,19). The molecule has 1 heterocycles. The largest absolute Gasteiger partial charge is 0.481 e. The summed E-state index contributed by atoms with van der Waals surface area (Å²) in [4.78, 5) is 10.6. The molecule has 1 N–H and O–H groups in total. The molecule has 20 heavy (non-hydrogen) atoms. The van der Waals surface area contributed by atoms with E-state index < -0.39 is 11.8 Å². The van der Waals surface area contributed by atoms with Crippen molar-refractivity contribution in [1.29, 1.82) is 0 Å². The van der Waals surface area contributed by atoms with Gasteiger partial charge in [0.05, 0.1) is 16.3 Å². The molecule has 0 aliphatic rings. The number of carboxylic acid groups (broad SMARTS) is 1. The van der Waals surface area contributed by atoms with Crippen LogP contribution >= 0.6 is 23.4 Å². The predicted molar refractivity (Wildman–Crippen MR) is 74.5 cm³/mol. The summed E-state index contributed by atoms with van der Waals surface area (Å²) in [5, 5.41) is 17.0. The third-order valence-corrected chi connectivity index (χ3v) is 3.79. The van der Waals surface area contributed by atoms with Crippen LogP contribution < -0.4 is 0 Å². The number of aromatic nitrogens is 3. The van der Waals surface area contributed by atoms with Crippen molar-refractivity contribution < 1.29 is 14.3 Å². The summed E-state index contributed by atoms with van der Waals surface area (Å²) < 4.78 is 15.7. The molecule has 1 aromatic carbocycles. The fourth-order valence-corrected chi connectivity index (χ4v) is 2.58. The van der Waals surface area contributed by atoms with Crippen molar-refractivity contribution >= 4 is 29.3 Å². The second-order valence-electron chi connectivity index (χ2n) is 3.83. The van der Waals surface area contributed by atoms with Gasteiger partial charge in [0.2, 0.25) is 0 Å². The topological polar surface area (TPSA) is 68.0 Å². The minimum absolute atomic E-state index is 0.00731. The zero-order valence-electron chi connectivity index (χ0n) is 10.5. The van der Waals surface area contributed by atoms with Gasteiger partial charge in [-0.2, -0.15) is 0 Å². The predicted octanol–water partition coefficient (Wildman–Crippen LogP) is 2.93. The van der Waals surface area contributed by atoms with E-state index in [0.29, 0.717) is 17.5 Å². The van der Waals surface area contributed by atoms with E-state index in [4.69, 9.17) is 16.7 Å². The fourth-order valence-electron chi connectivity index (χ4n) is 1.68. The van der Waals surface area contributed by atoms with E-state index in [1.54, 1.807) is 16.7 Å². The average molecular weight is 316 g/mol. The van der Waals surface area contributed by atoms with Crippen molar-refractivity contribution in [2.24, 2.45) is 0 Å². The smallest absolute Gasteiger partial charge is 0.313 e. The van der Waals surface area contributed by atoms with Crippen LogP contribution in [-0.4, -0.2) is 31.6 Å². The highest BCUT2D eigenvalue weighted by Gasteiger charge is 2.18. The van der Waals surface area contributed by atoms with E-state index in [0.717, 1.165) is 11.8 Å². The number of hydrogen-bond donors (Lipinski definition) is 1. The molecule has 106 valence electrons. The summed E-state index contributed by atoms with van der Waals surface area (Å²) in [6.07, 6.45) is 0. The lowest BCUT2D eigenvalue weighted by atomic mass is 10.2.